The third-order valence-corrected chi connectivity index (χ3v) is 3.38. The van der Waals surface area contributed by atoms with Crippen molar-refractivity contribution in [3.05, 3.63) is 69.7 Å². The van der Waals surface area contributed by atoms with Gasteiger partial charge >= 0.3 is 0 Å². The normalized spacial score (nSPS) is 12.6. The van der Waals surface area contributed by atoms with Gasteiger partial charge in [-0.05, 0) is 49.2 Å². The molecule has 2 rings (SSSR count). The lowest BCUT2D eigenvalue weighted by Gasteiger charge is -2.01. The van der Waals surface area contributed by atoms with Gasteiger partial charge < -0.3 is 0 Å². The Morgan fingerprint density at radius 1 is 0.650 bits per heavy atom. The van der Waals surface area contributed by atoms with Crippen LogP contribution in [-0.4, -0.2) is 11.4 Å². The highest BCUT2D eigenvalue weighted by molar-refractivity contribution is 6.31. The predicted molar refractivity (Wildman–Crippen MR) is 87.3 cm³/mol. The maximum Gasteiger partial charge on any atom is 0.0671 e. The lowest BCUT2D eigenvalue weighted by atomic mass is 10.1. The first-order valence-corrected chi connectivity index (χ1v) is 6.92. The molecule has 0 radical (unpaired) electrons. The number of hydrogen-bond acceptors (Lipinski definition) is 2. The van der Waals surface area contributed by atoms with E-state index in [2.05, 4.69) is 10.2 Å². The van der Waals surface area contributed by atoms with E-state index in [4.69, 9.17) is 23.2 Å². The number of benzene rings is 2. The van der Waals surface area contributed by atoms with Crippen LogP contribution in [0.3, 0.4) is 0 Å². The van der Waals surface area contributed by atoms with E-state index >= 15 is 0 Å². The van der Waals surface area contributed by atoms with Gasteiger partial charge in [0.15, 0.2) is 0 Å². The Labute approximate surface area is 128 Å². The fourth-order valence-electron chi connectivity index (χ4n) is 1.65. The second kappa shape index (κ2) is 6.69. The first-order valence-electron chi connectivity index (χ1n) is 6.17. The summed E-state index contributed by atoms with van der Waals surface area (Å²) in [6.45, 7) is 3.84. The molecule has 0 spiro atoms. The van der Waals surface area contributed by atoms with E-state index in [-0.39, 0.29) is 0 Å². The molecule has 0 aliphatic heterocycles. The first kappa shape index (κ1) is 14.8. The Kier molecular flexibility index (Phi) is 4.94. The van der Waals surface area contributed by atoms with Crippen LogP contribution in [0, 0.1) is 0 Å². The summed E-state index contributed by atoms with van der Waals surface area (Å²) in [6.07, 6.45) is 0. The summed E-state index contributed by atoms with van der Waals surface area (Å²) < 4.78 is 0. The first-order chi connectivity index (χ1) is 9.56. The smallest absolute Gasteiger partial charge is 0.0671 e. The summed E-state index contributed by atoms with van der Waals surface area (Å²) in [4.78, 5) is 0. The third-order valence-electron chi connectivity index (χ3n) is 2.87. The van der Waals surface area contributed by atoms with Crippen molar-refractivity contribution >= 4 is 34.6 Å². The summed E-state index contributed by atoms with van der Waals surface area (Å²) in [6, 6.07) is 15.1. The molecule has 4 heteroatoms. The highest BCUT2D eigenvalue weighted by Crippen LogP contribution is 2.12. The second-order valence-electron chi connectivity index (χ2n) is 4.38. The van der Waals surface area contributed by atoms with Gasteiger partial charge in [0, 0.05) is 10.0 Å². The largest absolute Gasteiger partial charge is 0.155 e. The molecule has 0 saturated carbocycles. The molecule has 0 aromatic heterocycles. The number of nitrogens with zero attached hydrogens (tertiary/aromatic N) is 2. The van der Waals surface area contributed by atoms with Crippen LogP contribution in [0.2, 0.25) is 10.0 Å². The zero-order chi connectivity index (χ0) is 14.5. The Bertz CT molecular complexity index is 582. The number of rotatable bonds is 3. The average Bonchev–Trinajstić information content (AvgIpc) is 2.46. The molecule has 0 amide bonds. The van der Waals surface area contributed by atoms with Crippen LogP contribution in [0.25, 0.3) is 0 Å². The van der Waals surface area contributed by atoms with Gasteiger partial charge in [0.1, 0.15) is 0 Å². The molecule has 2 aromatic rings. The van der Waals surface area contributed by atoms with E-state index < -0.39 is 0 Å². The van der Waals surface area contributed by atoms with Crippen LogP contribution < -0.4 is 0 Å². The molecule has 0 unspecified atom stereocenters. The van der Waals surface area contributed by atoms with Crippen molar-refractivity contribution in [2.24, 2.45) is 10.2 Å². The molecule has 0 saturated heterocycles. The maximum absolute atomic E-state index is 5.86. The van der Waals surface area contributed by atoms with Crippen molar-refractivity contribution in [3.63, 3.8) is 0 Å². The highest BCUT2D eigenvalue weighted by Gasteiger charge is 1.99. The Balaban J connectivity index is 2.19. The Morgan fingerprint density at radius 3 is 1.25 bits per heavy atom. The molecular formula is C16H14Cl2N2. The lowest BCUT2D eigenvalue weighted by molar-refractivity contribution is 1.22. The molecule has 2 aromatic carbocycles. The second-order valence-corrected chi connectivity index (χ2v) is 5.26. The van der Waals surface area contributed by atoms with Gasteiger partial charge in [0.2, 0.25) is 0 Å². The minimum atomic E-state index is 0.711. The monoisotopic (exact) mass is 304 g/mol. The van der Waals surface area contributed by atoms with Crippen LogP contribution >= 0.6 is 23.2 Å². The SMILES string of the molecule is C/C(=N\N=C(/C)c1ccc(Cl)cc1)c1ccc(Cl)cc1. The van der Waals surface area contributed by atoms with Gasteiger partial charge in [-0.15, -0.1) is 0 Å². The lowest BCUT2D eigenvalue weighted by Crippen LogP contribution is -1.96. The van der Waals surface area contributed by atoms with Crippen LogP contribution in [0.5, 0.6) is 0 Å². The van der Waals surface area contributed by atoms with Gasteiger partial charge in [-0.25, -0.2) is 0 Å². The molecule has 0 atom stereocenters. The van der Waals surface area contributed by atoms with Crippen molar-refractivity contribution in [1.29, 1.82) is 0 Å². The fraction of sp³-hybridized carbons (Fsp3) is 0.125. The van der Waals surface area contributed by atoms with Crippen LogP contribution in [0.1, 0.15) is 25.0 Å². The third kappa shape index (κ3) is 3.92. The predicted octanol–water partition coefficient (Wildman–Crippen LogP) is 5.23. The van der Waals surface area contributed by atoms with E-state index in [1.54, 1.807) is 0 Å². The Hall–Kier alpha value is -1.64. The molecule has 0 aliphatic carbocycles. The van der Waals surface area contributed by atoms with Crippen molar-refractivity contribution in [2.75, 3.05) is 0 Å². The minimum Gasteiger partial charge on any atom is -0.155 e. The minimum absolute atomic E-state index is 0.711. The van der Waals surface area contributed by atoms with Crippen molar-refractivity contribution in [2.45, 2.75) is 13.8 Å². The average molecular weight is 305 g/mol. The topological polar surface area (TPSA) is 24.7 Å². The molecule has 0 N–H and O–H groups in total. The van der Waals surface area contributed by atoms with E-state index in [1.165, 1.54) is 0 Å². The summed E-state index contributed by atoms with van der Waals surface area (Å²) in [5.41, 5.74) is 3.69. The molecule has 0 bridgehead atoms. The van der Waals surface area contributed by atoms with Crippen molar-refractivity contribution in [3.8, 4) is 0 Å². The van der Waals surface area contributed by atoms with E-state index in [1.807, 2.05) is 62.4 Å². The highest BCUT2D eigenvalue weighted by atomic mass is 35.5. The van der Waals surface area contributed by atoms with Crippen LogP contribution in [-0.2, 0) is 0 Å². The Morgan fingerprint density at radius 2 is 0.950 bits per heavy atom. The summed E-state index contributed by atoms with van der Waals surface area (Å²) in [5, 5.41) is 9.92. The summed E-state index contributed by atoms with van der Waals surface area (Å²) >= 11 is 11.7. The fourth-order valence-corrected chi connectivity index (χ4v) is 1.90. The molecule has 0 fully saturated rings. The van der Waals surface area contributed by atoms with E-state index in [0.717, 1.165) is 22.6 Å². The van der Waals surface area contributed by atoms with Gasteiger partial charge in [-0.2, -0.15) is 10.2 Å². The number of halogens is 2. The molecule has 2 nitrogen and oxygen atoms in total. The zero-order valence-electron chi connectivity index (χ0n) is 11.3. The van der Waals surface area contributed by atoms with Gasteiger partial charge in [0.25, 0.3) is 0 Å². The number of hydrogen-bond donors (Lipinski definition) is 0. The molecule has 102 valence electrons. The van der Waals surface area contributed by atoms with Crippen LogP contribution in [0.4, 0.5) is 0 Å². The molecule has 20 heavy (non-hydrogen) atoms. The van der Waals surface area contributed by atoms with Crippen LogP contribution in [0.15, 0.2) is 58.7 Å². The molecule has 0 heterocycles. The van der Waals surface area contributed by atoms with Gasteiger partial charge in [-0.3, -0.25) is 0 Å². The zero-order valence-corrected chi connectivity index (χ0v) is 12.8. The standard InChI is InChI=1S/C16H14Cl2N2/c1-11(13-3-7-15(17)8-4-13)19-20-12(2)14-5-9-16(18)10-6-14/h3-10H,1-2H3/b19-11+,20-12+. The summed E-state index contributed by atoms with van der Waals surface area (Å²) in [5.74, 6) is 0. The quantitative estimate of drug-likeness (QED) is 0.548. The maximum atomic E-state index is 5.86. The summed E-state index contributed by atoms with van der Waals surface area (Å²) in [7, 11) is 0. The van der Waals surface area contributed by atoms with Gasteiger partial charge in [-0.1, -0.05) is 47.5 Å². The van der Waals surface area contributed by atoms with E-state index in [9.17, 15) is 0 Å². The van der Waals surface area contributed by atoms with Crippen molar-refractivity contribution < 1.29 is 0 Å². The van der Waals surface area contributed by atoms with Crippen molar-refractivity contribution in [1.82, 2.24) is 0 Å². The van der Waals surface area contributed by atoms with Gasteiger partial charge in [0.05, 0.1) is 11.4 Å². The van der Waals surface area contributed by atoms with E-state index in [0.29, 0.717) is 10.0 Å². The molecular weight excluding hydrogens is 291 g/mol. The molecule has 0 aliphatic rings.